The van der Waals surface area contributed by atoms with Gasteiger partial charge < -0.3 is 9.84 Å². The number of benzene rings is 2. The summed E-state index contributed by atoms with van der Waals surface area (Å²) in [5, 5.41) is 23.9. The van der Waals surface area contributed by atoms with Gasteiger partial charge in [-0.1, -0.05) is 15.9 Å². The fourth-order valence-corrected chi connectivity index (χ4v) is 2.03. The molecule has 0 radical (unpaired) electrons. The van der Waals surface area contributed by atoms with Crippen LogP contribution in [0.15, 0.2) is 52.0 Å². The largest absolute Gasteiger partial charge is 0.507 e. The van der Waals surface area contributed by atoms with Crippen LogP contribution in [-0.4, -0.2) is 28.8 Å². The smallest absolute Gasteiger partial charge is 0.277 e. The number of aromatic hydroxyl groups is 1. The van der Waals surface area contributed by atoms with E-state index in [1.165, 1.54) is 36.5 Å². The molecule has 8 nitrogen and oxygen atoms in total. The van der Waals surface area contributed by atoms with Crippen LogP contribution in [0.2, 0.25) is 0 Å². The molecule has 0 aliphatic rings. The summed E-state index contributed by atoms with van der Waals surface area (Å²) >= 11 is 3.26. The van der Waals surface area contributed by atoms with E-state index in [-0.39, 0.29) is 18.0 Å². The lowest BCUT2D eigenvalue weighted by Crippen LogP contribution is -2.24. The van der Waals surface area contributed by atoms with Gasteiger partial charge in [0.15, 0.2) is 6.61 Å². The number of halogens is 1. The molecule has 1 amide bonds. The van der Waals surface area contributed by atoms with Crippen LogP contribution in [0, 0.1) is 10.1 Å². The van der Waals surface area contributed by atoms with Crippen molar-refractivity contribution in [1.82, 2.24) is 5.43 Å². The topological polar surface area (TPSA) is 114 Å². The Morgan fingerprint density at radius 2 is 2.04 bits per heavy atom. The van der Waals surface area contributed by atoms with Crippen molar-refractivity contribution in [1.29, 1.82) is 0 Å². The van der Waals surface area contributed by atoms with Gasteiger partial charge in [-0.25, -0.2) is 5.43 Å². The molecule has 0 heterocycles. The van der Waals surface area contributed by atoms with E-state index in [1.54, 1.807) is 12.1 Å². The molecule has 0 aliphatic carbocycles. The van der Waals surface area contributed by atoms with Gasteiger partial charge in [0, 0.05) is 22.2 Å². The molecule has 0 unspecified atom stereocenters. The van der Waals surface area contributed by atoms with E-state index in [0.29, 0.717) is 11.3 Å². The van der Waals surface area contributed by atoms with Crippen LogP contribution in [0.3, 0.4) is 0 Å². The molecule has 2 rings (SSSR count). The van der Waals surface area contributed by atoms with E-state index in [9.17, 15) is 20.0 Å². The molecule has 24 heavy (non-hydrogen) atoms. The second-order valence-corrected chi connectivity index (χ2v) is 5.45. The zero-order valence-corrected chi connectivity index (χ0v) is 13.8. The van der Waals surface area contributed by atoms with Crippen molar-refractivity contribution in [2.75, 3.05) is 6.61 Å². The van der Waals surface area contributed by atoms with Crippen LogP contribution < -0.4 is 10.2 Å². The zero-order chi connectivity index (χ0) is 17.5. The molecular formula is C15H12BrN3O5. The summed E-state index contributed by atoms with van der Waals surface area (Å²) in [5.74, 6) is -0.165. The first-order valence-corrected chi connectivity index (χ1v) is 7.42. The highest BCUT2D eigenvalue weighted by Gasteiger charge is 2.06. The molecule has 0 bridgehead atoms. The van der Waals surface area contributed by atoms with E-state index >= 15 is 0 Å². The van der Waals surface area contributed by atoms with Crippen molar-refractivity contribution >= 4 is 33.7 Å². The molecule has 2 N–H and O–H groups in total. The van der Waals surface area contributed by atoms with Gasteiger partial charge in [0.05, 0.1) is 11.1 Å². The highest BCUT2D eigenvalue weighted by Crippen LogP contribution is 2.20. The molecule has 0 atom stereocenters. The monoisotopic (exact) mass is 393 g/mol. The van der Waals surface area contributed by atoms with E-state index < -0.39 is 10.8 Å². The number of amides is 1. The number of nitrogens with zero attached hydrogens (tertiary/aromatic N) is 2. The Kier molecular flexibility index (Phi) is 5.85. The minimum atomic E-state index is -0.525. The Balaban J connectivity index is 1.84. The number of nitro benzene ring substituents is 1. The van der Waals surface area contributed by atoms with Crippen LogP contribution >= 0.6 is 15.9 Å². The molecule has 0 saturated heterocycles. The second-order valence-electron chi connectivity index (χ2n) is 4.54. The number of hydrogen-bond acceptors (Lipinski definition) is 6. The van der Waals surface area contributed by atoms with Gasteiger partial charge in [0.25, 0.3) is 11.6 Å². The normalized spacial score (nSPS) is 10.5. The molecule has 2 aromatic rings. The minimum Gasteiger partial charge on any atom is -0.507 e. The van der Waals surface area contributed by atoms with E-state index in [4.69, 9.17) is 4.74 Å². The molecule has 0 spiro atoms. The van der Waals surface area contributed by atoms with Crippen molar-refractivity contribution in [3.05, 3.63) is 62.6 Å². The number of ether oxygens (including phenoxy) is 1. The van der Waals surface area contributed by atoms with Gasteiger partial charge >= 0.3 is 0 Å². The summed E-state index contributed by atoms with van der Waals surface area (Å²) in [5.41, 5.74) is 2.62. The molecular weight excluding hydrogens is 382 g/mol. The number of hydrazone groups is 1. The number of nitro groups is 1. The summed E-state index contributed by atoms with van der Waals surface area (Å²) in [4.78, 5) is 21.6. The van der Waals surface area contributed by atoms with Gasteiger partial charge in [0.2, 0.25) is 0 Å². The van der Waals surface area contributed by atoms with Crippen molar-refractivity contribution in [3.8, 4) is 11.5 Å². The van der Waals surface area contributed by atoms with Crippen LogP contribution in [-0.2, 0) is 4.79 Å². The van der Waals surface area contributed by atoms with Gasteiger partial charge in [0.1, 0.15) is 11.5 Å². The fourth-order valence-electron chi connectivity index (χ4n) is 1.65. The maximum Gasteiger partial charge on any atom is 0.277 e. The van der Waals surface area contributed by atoms with Crippen molar-refractivity contribution in [3.63, 3.8) is 0 Å². The number of carbonyl (C=O) groups is 1. The molecule has 0 fully saturated rings. The Morgan fingerprint density at radius 1 is 1.33 bits per heavy atom. The van der Waals surface area contributed by atoms with Crippen LogP contribution in [0.4, 0.5) is 5.69 Å². The highest BCUT2D eigenvalue weighted by molar-refractivity contribution is 9.10. The standard InChI is InChI=1S/C15H12BrN3O5/c16-11-1-6-14(20)10(7-11)8-17-18-15(21)9-24-13-4-2-12(3-5-13)19(22)23/h1-8,20H,9H2,(H,18,21)/b17-8+. The van der Waals surface area contributed by atoms with E-state index in [1.807, 2.05) is 0 Å². The first kappa shape index (κ1) is 17.4. The van der Waals surface area contributed by atoms with Crippen molar-refractivity contribution in [2.24, 2.45) is 5.10 Å². The van der Waals surface area contributed by atoms with Gasteiger partial charge in [-0.15, -0.1) is 0 Å². The van der Waals surface area contributed by atoms with Gasteiger partial charge in [-0.05, 0) is 30.3 Å². The average molecular weight is 394 g/mol. The lowest BCUT2D eigenvalue weighted by atomic mass is 10.2. The average Bonchev–Trinajstić information content (AvgIpc) is 2.56. The third-order valence-corrected chi connectivity index (χ3v) is 3.29. The predicted molar refractivity (Wildman–Crippen MR) is 90.1 cm³/mol. The van der Waals surface area contributed by atoms with Crippen LogP contribution in [0.1, 0.15) is 5.56 Å². The summed E-state index contributed by atoms with van der Waals surface area (Å²) in [6.07, 6.45) is 1.30. The van der Waals surface area contributed by atoms with Gasteiger partial charge in [-0.2, -0.15) is 5.10 Å². The van der Waals surface area contributed by atoms with E-state index in [2.05, 4.69) is 26.5 Å². The van der Waals surface area contributed by atoms with E-state index in [0.717, 1.165) is 4.47 Å². The Hall–Kier alpha value is -2.94. The maximum atomic E-state index is 11.6. The molecule has 9 heteroatoms. The van der Waals surface area contributed by atoms with Crippen molar-refractivity contribution in [2.45, 2.75) is 0 Å². The number of phenolic OH excluding ortho intramolecular Hbond substituents is 1. The lowest BCUT2D eigenvalue weighted by Gasteiger charge is -2.04. The summed E-state index contributed by atoms with van der Waals surface area (Å²) in [7, 11) is 0. The quantitative estimate of drug-likeness (QED) is 0.444. The number of phenols is 1. The number of hydrogen-bond donors (Lipinski definition) is 2. The predicted octanol–water partition coefficient (Wildman–Crippen LogP) is 2.59. The summed E-state index contributed by atoms with van der Waals surface area (Å²) in [6.45, 7) is -0.306. The third kappa shape index (κ3) is 5.06. The highest BCUT2D eigenvalue weighted by atomic mass is 79.9. The Morgan fingerprint density at radius 3 is 2.71 bits per heavy atom. The first-order chi connectivity index (χ1) is 11.5. The van der Waals surface area contributed by atoms with Crippen LogP contribution in [0.25, 0.3) is 0 Å². The second kappa shape index (κ2) is 8.06. The van der Waals surface area contributed by atoms with Gasteiger partial charge in [-0.3, -0.25) is 14.9 Å². The lowest BCUT2D eigenvalue weighted by molar-refractivity contribution is -0.384. The molecule has 0 aliphatic heterocycles. The number of non-ortho nitro benzene ring substituents is 1. The van der Waals surface area contributed by atoms with Crippen molar-refractivity contribution < 1.29 is 19.6 Å². The number of nitrogens with one attached hydrogen (secondary N) is 1. The maximum absolute atomic E-state index is 11.6. The fraction of sp³-hybridized carbons (Fsp3) is 0.0667. The molecule has 0 saturated carbocycles. The summed E-state index contributed by atoms with van der Waals surface area (Å²) < 4.78 is 5.94. The molecule has 2 aromatic carbocycles. The Bertz CT molecular complexity index is 777. The van der Waals surface area contributed by atoms with Crippen LogP contribution in [0.5, 0.6) is 11.5 Å². The molecule has 124 valence electrons. The first-order valence-electron chi connectivity index (χ1n) is 6.63. The zero-order valence-electron chi connectivity index (χ0n) is 12.2. The number of rotatable bonds is 6. The summed E-state index contributed by atoms with van der Waals surface area (Å²) in [6, 6.07) is 10.2. The minimum absolute atomic E-state index is 0.0262. The third-order valence-electron chi connectivity index (χ3n) is 2.80. The SMILES string of the molecule is O=C(COc1ccc([N+](=O)[O-])cc1)N/N=C/c1cc(Br)ccc1O. The number of carbonyl (C=O) groups excluding carboxylic acids is 1. The Labute approximate surface area is 145 Å². The molecule has 0 aromatic heterocycles.